The Morgan fingerprint density at radius 3 is 2.45 bits per heavy atom. The smallest absolute Gasteiger partial charge is 0.326 e. The van der Waals surface area contributed by atoms with Crippen LogP contribution in [0.3, 0.4) is 0 Å². The van der Waals surface area contributed by atoms with Gasteiger partial charge < -0.3 is 31.4 Å². The van der Waals surface area contributed by atoms with Gasteiger partial charge >= 0.3 is 5.97 Å². The molecule has 4 aliphatic carbocycles. The van der Waals surface area contributed by atoms with Gasteiger partial charge in [0.1, 0.15) is 17.7 Å². The summed E-state index contributed by atoms with van der Waals surface area (Å²) in [5, 5.41) is 29.9. The molecule has 0 aromatic rings. The Hall–Kier alpha value is -3.39. The standard InChI is InChI=1S/C33H48N4O7/c1-6-33(43)16-13-24-22-8-7-20-17-21(11-14-31(20,4)23(22)12-15-32(24,33)5)37-44-18-27(39)36-28(19(2)3)29(40)35-25(30(41)42)9-10-26(34)38/h1,17,19,22-25,28,43H,7-16,18H2,2-5H3,(H2,34,38)(H,35,40)(H,36,39)(H,41,42)/b37-21+/t22-,23-,24-,25-,28+,31+,32+,33-/m1/s1. The molecule has 3 fully saturated rings. The monoisotopic (exact) mass is 612 g/mol. The maximum Gasteiger partial charge on any atom is 0.326 e. The first-order valence-corrected chi connectivity index (χ1v) is 15.9. The topological polar surface area (TPSA) is 180 Å². The molecule has 0 aromatic carbocycles. The van der Waals surface area contributed by atoms with E-state index in [1.807, 2.05) is 0 Å². The highest BCUT2D eigenvalue weighted by Crippen LogP contribution is 2.67. The zero-order chi connectivity index (χ0) is 32.4. The number of nitrogens with two attached hydrogens (primary N) is 1. The fourth-order valence-corrected chi connectivity index (χ4v) is 8.63. The van der Waals surface area contributed by atoms with Gasteiger partial charge in [0.15, 0.2) is 6.61 Å². The van der Waals surface area contributed by atoms with Crippen LogP contribution in [0.1, 0.15) is 91.9 Å². The van der Waals surface area contributed by atoms with Crippen LogP contribution in [0.15, 0.2) is 16.8 Å². The van der Waals surface area contributed by atoms with Gasteiger partial charge in [0.05, 0.1) is 5.71 Å². The molecule has 11 nitrogen and oxygen atoms in total. The summed E-state index contributed by atoms with van der Waals surface area (Å²) in [6.45, 7) is 7.61. The molecule has 44 heavy (non-hydrogen) atoms. The highest BCUT2D eigenvalue weighted by atomic mass is 16.6. The molecule has 0 saturated heterocycles. The van der Waals surface area contributed by atoms with E-state index in [-0.39, 0.29) is 29.6 Å². The van der Waals surface area contributed by atoms with Gasteiger partial charge in [-0.25, -0.2) is 4.79 Å². The second-order valence-corrected chi connectivity index (χ2v) is 14.1. The molecule has 4 rings (SSSR count). The number of nitrogens with one attached hydrogen (secondary N) is 2. The van der Waals surface area contributed by atoms with Crippen LogP contribution in [-0.2, 0) is 24.0 Å². The lowest BCUT2D eigenvalue weighted by atomic mass is 9.46. The molecule has 8 atom stereocenters. The number of amides is 3. The van der Waals surface area contributed by atoms with Crippen LogP contribution in [-0.4, -0.2) is 63.9 Å². The van der Waals surface area contributed by atoms with E-state index in [9.17, 15) is 29.4 Å². The normalized spacial score (nSPS) is 34.8. The molecular formula is C33H48N4O7. The maximum absolute atomic E-state index is 12.8. The number of nitrogens with zero attached hydrogens (tertiary/aromatic N) is 1. The second-order valence-electron chi connectivity index (χ2n) is 14.1. The maximum atomic E-state index is 12.8. The van der Waals surface area contributed by atoms with Crippen LogP contribution in [0.2, 0.25) is 0 Å². The number of hydrogen-bond acceptors (Lipinski definition) is 7. The van der Waals surface area contributed by atoms with E-state index in [4.69, 9.17) is 17.0 Å². The fraction of sp³-hybridized carbons (Fsp3) is 0.727. The average molecular weight is 613 g/mol. The number of aliphatic hydroxyl groups is 1. The third-order valence-electron chi connectivity index (χ3n) is 11.3. The van der Waals surface area contributed by atoms with E-state index in [0.29, 0.717) is 24.2 Å². The molecule has 4 aliphatic rings. The molecule has 0 heterocycles. The lowest BCUT2D eigenvalue weighted by molar-refractivity contribution is -0.143. The Morgan fingerprint density at radius 2 is 1.82 bits per heavy atom. The summed E-state index contributed by atoms with van der Waals surface area (Å²) in [6.07, 6.45) is 14.9. The lowest BCUT2D eigenvalue weighted by Gasteiger charge is -2.58. The van der Waals surface area contributed by atoms with Gasteiger partial charge in [0, 0.05) is 11.8 Å². The van der Waals surface area contributed by atoms with E-state index in [1.165, 1.54) is 5.57 Å². The van der Waals surface area contributed by atoms with Gasteiger partial charge in [-0.05, 0) is 93.0 Å². The number of carbonyl (C=O) groups is 4. The molecule has 11 heteroatoms. The summed E-state index contributed by atoms with van der Waals surface area (Å²) in [4.78, 5) is 53.4. The van der Waals surface area contributed by atoms with Crippen molar-refractivity contribution in [3.05, 3.63) is 11.6 Å². The number of rotatable bonds is 11. The summed E-state index contributed by atoms with van der Waals surface area (Å²) in [5.41, 5.74) is 6.07. The number of primary amides is 1. The highest BCUT2D eigenvalue weighted by molar-refractivity contribution is 5.96. The second kappa shape index (κ2) is 12.9. The lowest BCUT2D eigenvalue weighted by Crippen LogP contribution is -2.54. The molecule has 3 saturated carbocycles. The Labute approximate surface area is 259 Å². The fourth-order valence-electron chi connectivity index (χ4n) is 8.63. The predicted molar refractivity (Wildman–Crippen MR) is 164 cm³/mol. The van der Waals surface area contributed by atoms with Crippen LogP contribution >= 0.6 is 0 Å². The summed E-state index contributed by atoms with van der Waals surface area (Å²) >= 11 is 0. The van der Waals surface area contributed by atoms with Crippen molar-refractivity contribution < 1.29 is 34.2 Å². The van der Waals surface area contributed by atoms with Crippen molar-refractivity contribution in [2.45, 2.75) is 110 Å². The number of hydrogen-bond donors (Lipinski definition) is 5. The SMILES string of the molecule is C#C[C@@]1(O)CC[C@@H]2[C@@H]3CCC4=C/C(=N/OCC(=O)N[C@H](C(=O)N[C@H](CCC(N)=O)C(=O)O)C(C)C)CC[C@]4(C)[C@@H]3CC[C@@]21C. The van der Waals surface area contributed by atoms with E-state index in [1.54, 1.807) is 13.8 Å². The molecular weight excluding hydrogens is 564 g/mol. The number of aliphatic carboxylic acids is 1. The molecule has 0 aromatic heterocycles. The largest absolute Gasteiger partial charge is 0.480 e. The molecule has 242 valence electrons. The molecule has 0 bridgehead atoms. The first-order chi connectivity index (χ1) is 20.6. The quantitative estimate of drug-likeness (QED) is 0.176. The number of oxime groups is 1. The predicted octanol–water partition coefficient (Wildman–Crippen LogP) is 2.66. The molecule has 0 unspecified atom stereocenters. The molecule has 3 amide bonds. The number of fused-ring (bicyclic) bond motifs is 5. The Balaban J connectivity index is 1.34. The van der Waals surface area contributed by atoms with E-state index < -0.39 is 48.0 Å². The third-order valence-corrected chi connectivity index (χ3v) is 11.3. The van der Waals surface area contributed by atoms with Gasteiger partial charge in [-0.15, -0.1) is 6.42 Å². The number of terminal acetylenes is 1. The van der Waals surface area contributed by atoms with Crippen molar-refractivity contribution >= 4 is 29.4 Å². The van der Waals surface area contributed by atoms with Crippen molar-refractivity contribution in [3.8, 4) is 12.3 Å². The van der Waals surface area contributed by atoms with E-state index >= 15 is 0 Å². The number of carbonyl (C=O) groups excluding carboxylic acids is 3. The first kappa shape index (κ1) is 33.5. The molecule has 0 radical (unpaired) electrons. The Morgan fingerprint density at radius 1 is 1.11 bits per heavy atom. The van der Waals surface area contributed by atoms with Crippen molar-refractivity contribution in [1.82, 2.24) is 10.6 Å². The van der Waals surface area contributed by atoms with Crippen molar-refractivity contribution in [1.29, 1.82) is 0 Å². The minimum atomic E-state index is -1.31. The van der Waals surface area contributed by atoms with Crippen LogP contribution in [0.25, 0.3) is 0 Å². The number of carboxylic acid groups (broad SMARTS) is 1. The van der Waals surface area contributed by atoms with Crippen LogP contribution < -0.4 is 16.4 Å². The minimum Gasteiger partial charge on any atom is -0.480 e. The molecule has 0 aliphatic heterocycles. The zero-order valence-electron chi connectivity index (χ0n) is 26.4. The zero-order valence-corrected chi connectivity index (χ0v) is 26.4. The van der Waals surface area contributed by atoms with E-state index in [0.717, 1.165) is 50.7 Å². The summed E-state index contributed by atoms with van der Waals surface area (Å²) in [6, 6.07) is -2.31. The summed E-state index contributed by atoms with van der Waals surface area (Å²) in [5.74, 6) is 0.706. The van der Waals surface area contributed by atoms with Crippen molar-refractivity contribution in [2.24, 2.45) is 45.4 Å². The van der Waals surface area contributed by atoms with Gasteiger partial charge in [-0.2, -0.15) is 0 Å². The van der Waals surface area contributed by atoms with Gasteiger partial charge in [-0.3, -0.25) is 14.4 Å². The number of carboxylic acids is 1. The van der Waals surface area contributed by atoms with Gasteiger partial charge in [0.25, 0.3) is 5.91 Å². The van der Waals surface area contributed by atoms with Crippen LogP contribution in [0.4, 0.5) is 0 Å². The van der Waals surface area contributed by atoms with E-state index in [2.05, 4.69) is 41.6 Å². The Kier molecular flexibility index (Phi) is 9.84. The summed E-state index contributed by atoms with van der Waals surface area (Å²) < 4.78 is 0. The van der Waals surface area contributed by atoms with Gasteiger partial charge in [0.2, 0.25) is 11.8 Å². The summed E-state index contributed by atoms with van der Waals surface area (Å²) in [7, 11) is 0. The van der Waals surface area contributed by atoms with Crippen LogP contribution in [0.5, 0.6) is 0 Å². The first-order valence-electron chi connectivity index (χ1n) is 15.9. The minimum absolute atomic E-state index is 0.0561. The Bertz CT molecular complexity index is 1270. The van der Waals surface area contributed by atoms with Crippen molar-refractivity contribution in [3.63, 3.8) is 0 Å². The highest BCUT2D eigenvalue weighted by Gasteiger charge is 2.63. The third kappa shape index (κ3) is 6.37. The van der Waals surface area contributed by atoms with Gasteiger partial charge in [-0.1, -0.05) is 44.3 Å². The molecule has 0 spiro atoms. The van der Waals surface area contributed by atoms with Crippen molar-refractivity contribution in [2.75, 3.05) is 6.61 Å². The molecule has 6 N–H and O–H groups in total. The van der Waals surface area contributed by atoms with Crippen LogP contribution in [0, 0.1) is 46.8 Å². The number of allylic oxidation sites excluding steroid dienone is 2. The average Bonchev–Trinajstić information content (AvgIpc) is 3.24.